The van der Waals surface area contributed by atoms with Crippen molar-refractivity contribution < 1.29 is 26.3 Å². The first-order valence-electron chi connectivity index (χ1n) is 10.8. The van der Waals surface area contributed by atoms with E-state index in [4.69, 9.17) is 0 Å². The lowest BCUT2D eigenvalue weighted by atomic mass is 9.87. The Balaban J connectivity index is 1.59. The van der Waals surface area contributed by atoms with E-state index in [9.17, 15) is 21.6 Å². The Morgan fingerprint density at radius 1 is 1.18 bits per heavy atom. The van der Waals surface area contributed by atoms with Crippen molar-refractivity contribution in [2.75, 3.05) is 32.0 Å². The number of aromatic nitrogens is 2. The number of likely N-dealkylation sites (tertiary alicyclic amines) is 1. The first-order valence-corrected chi connectivity index (χ1v) is 12.3. The van der Waals surface area contributed by atoms with Crippen LogP contribution in [0.15, 0.2) is 41.8 Å². The van der Waals surface area contributed by atoms with Gasteiger partial charge in [0.25, 0.3) is 10.0 Å². The molecule has 2 aliphatic heterocycles. The fourth-order valence-electron chi connectivity index (χ4n) is 4.82. The second-order valence-corrected chi connectivity index (χ2v) is 10.6. The van der Waals surface area contributed by atoms with Crippen molar-refractivity contribution in [3.63, 3.8) is 0 Å². The molecule has 0 aliphatic carbocycles. The molecule has 2 aromatic rings. The van der Waals surface area contributed by atoms with Gasteiger partial charge in [-0.2, -0.15) is 4.31 Å². The minimum Gasteiger partial charge on any atom is -0.406 e. The van der Waals surface area contributed by atoms with Crippen LogP contribution < -0.4 is 10.1 Å². The lowest BCUT2D eigenvalue weighted by Crippen LogP contribution is -2.47. The average Bonchev–Trinajstić information content (AvgIpc) is 3.35. The highest BCUT2D eigenvalue weighted by Gasteiger charge is 2.45. The molecule has 2 fully saturated rings. The molecule has 2 aliphatic rings. The van der Waals surface area contributed by atoms with Crippen LogP contribution in [0.5, 0.6) is 5.75 Å². The summed E-state index contributed by atoms with van der Waals surface area (Å²) < 4.78 is 71.4. The second-order valence-electron chi connectivity index (χ2n) is 8.73. The number of hydrogen-bond acceptors (Lipinski definition) is 6. The highest BCUT2D eigenvalue weighted by atomic mass is 32.2. The topological polar surface area (TPSA) is 79.7 Å². The molecule has 182 valence electrons. The van der Waals surface area contributed by atoms with Crippen LogP contribution in [-0.4, -0.2) is 72.3 Å². The molecule has 3 atom stereocenters. The van der Waals surface area contributed by atoms with E-state index < -0.39 is 16.4 Å². The number of piperidine rings is 1. The number of anilines is 1. The van der Waals surface area contributed by atoms with Crippen molar-refractivity contribution in [1.29, 1.82) is 0 Å². The summed E-state index contributed by atoms with van der Waals surface area (Å²) in [4.78, 5) is 6.27. The molecule has 1 aromatic carbocycles. The van der Waals surface area contributed by atoms with Crippen LogP contribution in [0.1, 0.15) is 19.3 Å². The monoisotopic (exact) mass is 487 g/mol. The van der Waals surface area contributed by atoms with E-state index >= 15 is 0 Å². The maximum absolute atomic E-state index is 13.2. The van der Waals surface area contributed by atoms with Crippen molar-refractivity contribution >= 4 is 15.7 Å². The average molecular weight is 488 g/mol. The van der Waals surface area contributed by atoms with Crippen LogP contribution in [0, 0.1) is 5.92 Å². The number of nitrogens with one attached hydrogen (secondary N) is 1. The Kier molecular flexibility index (Phi) is 6.61. The van der Waals surface area contributed by atoms with Crippen molar-refractivity contribution in [1.82, 2.24) is 18.8 Å². The number of halogens is 3. The lowest BCUT2D eigenvalue weighted by Gasteiger charge is -2.39. The van der Waals surface area contributed by atoms with Crippen molar-refractivity contribution in [3.8, 4) is 5.75 Å². The third kappa shape index (κ3) is 5.44. The lowest BCUT2D eigenvalue weighted by molar-refractivity contribution is -0.274. The van der Waals surface area contributed by atoms with Gasteiger partial charge in [-0.15, -0.1) is 13.2 Å². The Hall–Kier alpha value is -2.31. The van der Waals surface area contributed by atoms with Gasteiger partial charge in [-0.3, -0.25) is 0 Å². The van der Waals surface area contributed by atoms with Gasteiger partial charge in [-0.05, 0) is 38.6 Å². The molecule has 3 heterocycles. The number of hydrogen-bond donors (Lipinski definition) is 1. The molecule has 4 rings (SSSR count). The highest BCUT2D eigenvalue weighted by molar-refractivity contribution is 7.89. The first-order chi connectivity index (χ1) is 15.5. The minimum atomic E-state index is -4.78. The van der Waals surface area contributed by atoms with Crippen LogP contribution in [0.25, 0.3) is 0 Å². The summed E-state index contributed by atoms with van der Waals surface area (Å²) in [6, 6.07) is 5.52. The Labute approximate surface area is 191 Å². The number of imidazole rings is 1. The van der Waals surface area contributed by atoms with E-state index in [1.807, 2.05) is 7.05 Å². The van der Waals surface area contributed by atoms with Gasteiger partial charge in [-0.25, -0.2) is 13.4 Å². The summed E-state index contributed by atoms with van der Waals surface area (Å²) in [5, 5.41) is 3.28. The number of ether oxygens (including phenoxy) is 1. The summed E-state index contributed by atoms with van der Waals surface area (Å²) in [5.74, 6) is -0.365. The normalized spacial score (nSPS) is 25.3. The fraction of sp³-hybridized carbons (Fsp3) is 0.571. The van der Waals surface area contributed by atoms with Gasteiger partial charge < -0.3 is 19.5 Å². The van der Waals surface area contributed by atoms with Crippen molar-refractivity contribution in [2.45, 2.75) is 42.7 Å². The minimum absolute atomic E-state index is 0.0121. The standard InChI is InChI=1S/C21H28F3N5O3S/c1-27-13-20(25-14-27)33(30,31)29-11-17(19-8-3-4-9-28(19)2)18(12-29)26-15-6-5-7-16(10-15)32-21(22,23)24/h5-7,10,13-14,17-19,26H,3-4,8-9,11-12H2,1-2H3. The van der Waals surface area contributed by atoms with Gasteiger partial charge in [0, 0.05) is 56.1 Å². The molecule has 33 heavy (non-hydrogen) atoms. The molecule has 8 nitrogen and oxygen atoms in total. The zero-order valence-electron chi connectivity index (χ0n) is 18.5. The molecular weight excluding hydrogens is 459 g/mol. The number of nitrogens with zero attached hydrogens (tertiary/aromatic N) is 4. The van der Waals surface area contributed by atoms with Gasteiger partial charge in [0.15, 0.2) is 5.03 Å². The fourth-order valence-corrected chi connectivity index (χ4v) is 6.29. The largest absolute Gasteiger partial charge is 0.573 e. The third-order valence-electron chi connectivity index (χ3n) is 6.36. The van der Waals surface area contributed by atoms with Crippen LogP contribution in [0.2, 0.25) is 0 Å². The van der Waals surface area contributed by atoms with Gasteiger partial charge in [0.2, 0.25) is 0 Å². The Bertz CT molecular complexity index is 1080. The second kappa shape index (κ2) is 9.15. The van der Waals surface area contributed by atoms with E-state index in [1.54, 1.807) is 17.7 Å². The smallest absolute Gasteiger partial charge is 0.406 e. The number of rotatable bonds is 6. The predicted octanol–water partition coefficient (Wildman–Crippen LogP) is 2.90. The van der Waals surface area contributed by atoms with Gasteiger partial charge in [0.05, 0.1) is 6.33 Å². The quantitative estimate of drug-likeness (QED) is 0.675. The maximum atomic E-state index is 13.2. The molecule has 0 bridgehead atoms. The van der Waals surface area contributed by atoms with Crippen LogP contribution >= 0.6 is 0 Å². The molecule has 12 heteroatoms. The molecular formula is C21H28F3N5O3S. The number of alkyl halides is 3. The molecule has 3 unspecified atom stereocenters. The number of sulfonamides is 1. The van der Waals surface area contributed by atoms with Crippen LogP contribution in [0.4, 0.5) is 18.9 Å². The van der Waals surface area contributed by atoms with Crippen LogP contribution in [0.3, 0.4) is 0 Å². The Morgan fingerprint density at radius 2 is 1.97 bits per heavy atom. The van der Waals surface area contributed by atoms with Crippen molar-refractivity contribution in [2.24, 2.45) is 13.0 Å². The maximum Gasteiger partial charge on any atom is 0.573 e. The van der Waals surface area contributed by atoms with E-state index in [-0.39, 0.29) is 35.3 Å². The van der Waals surface area contributed by atoms with Crippen molar-refractivity contribution in [3.05, 3.63) is 36.8 Å². The summed E-state index contributed by atoms with van der Waals surface area (Å²) in [5.41, 5.74) is 0.447. The molecule has 0 spiro atoms. The third-order valence-corrected chi connectivity index (χ3v) is 8.08. The molecule has 0 amide bonds. The summed E-state index contributed by atoms with van der Waals surface area (Å²) in [6.45, 7) is 1.43. The Morgan fingerprint density at radius 3 is 2.64 bits per heavy atom. The van der Waals surface area contributed by atoms with Gasteiger partial charge in [0.1, 0.15) is 5.75 Å². The van der Waals surface area contributed by atoms with Crippen LogP contribution in [-0.2, 0) is 17.1 Å². The first kappa shape index (κ1) is 23.8. The van der Waals surface area contributed by atoms with Gasteiger partial charge in [-0.1, -0.05) is 12.5 Å². The molecule has 0 radical (unpaired) electrons. The SMILES string of the molecule is CN1CCCCC1C1CN(S(=O)(=O)c2cn(C)cn2)CC1Nc1cccc(OC(F)(F)F)c1. The van der Waals surface area contributed by atoms with E-state index in [2.05, 4.69) is 19.9 Å². The molecule has 1 N–H and O–H groups in total. The summed E-state index contributed by atoms with van der Waals surface area (Å²) in [7, 11) is -0.0541. The number of benzene rings is 1. The van der Waals surface area contributed by atoms with E-state index in [0.29, 0.717) is 12.2 Å². The molecule has 2 saturated heterocycles. The summed E-state index contributed by atoms with van der Waals surface area (Å²) in [6.07, 6.45) is 1.21. The van der Waals surface area contributed by atoms with Gasteiger partial charge >= 0.3 is 6.36 Å². The number of aryl methyl sites for hydroxylation is 1. The highest BCUT2D eigenvalue weighted by Crippen LogP contribution is 2.34. The predicted molar refractivity (Wildman–Crippen MR) is 116 cm³/mol. The molecule has 0 saturated carbocycles. The zero-order valence-corrected chi connectivity index (χ0v) is 19.3. The zero-order chi connectivity index (χ0) is 23.8. The van der Waals surface area contributed by atoms with E-state index in [1.165, 1.54) is 35.0 Å². The summed E-state index contributed by atoms with van der Waals surface area (Å²) >= 11 is 0. The van der Waals surface area contributed by atoms with E-state index in [0.717, 1.165) is 25.8 Å². The molecule has 1 aromatic heterocycles.